The van der Waals surface area contributed by atoms with Crippen LogP contribution in [0.1, 0.15) is 33.0 Å². The number of halogens is 1. The number of imide groups is 1. The molecular formula is C25H20BrNO6S. The van der Waals surface area contributed by atoms with Gasteiger partial charge in [-0.05, 0) is 60.7 Å². The molecule has 2 heterocycles. The molecule has 174 valence electrons. The van der Waals surface area contributed by atoms with Gasteiger partial charge in [-0.3, -0.25) is 14.5 Å². The van der Waals surface area contributed by atoms with E-state index in [1.165, 1.54) is 24.8 Å². The van der Waals surface area contributed by atoms with Gasteiger partial charge >= 0.3 is 5.97 Å². The van der Waals surface area contributed by atoms with Gasteiger partial charge in [0.2, 0.25) is 5.76 Å². The van der Waals surface area contributed by atoms with E-state index in [0.29, 0.717) is 23.7 Å². The van der Waals surface area contributed by atoms with E-state index in [2.05, 4.69) is 20.7 Å². The lowest BCUT2D eigenvalue weighted by molar-refractivity contribution is -0.123. The first-order chi connectivity index (χ1) is 16.3. The standard InChI is InChI=1S/C25H20BrNO6S/c1-15-3-5-16(6-4-15)14-32-20-9-7-18(26)11-17(20)12-22-23(28)27(25(30)34-22)13-19-8-10-21(33-19)24(29)31-2/h3-12H,13-14H2,1-2H3/b22-12+. The predicted octanol–water partition coefficient (Wildman–Crippen LogP) is 5.95. The third-order valence-corrected chi connectivity index (χ3v) is 6.41. The Morgan fingerprint density at radius 1 is 1.12 bits per heavy atom. The monoisotopic (exact) mass is 541 g/mol. The molecule has 2 amide bonds. The Kier molecular flexibility index (Phi) is 7.23. The minimum absolute atomic E-state index is 0.00418. The number of carbonyl (C=O) groups is 3. The number of amides is 2. The van der Waals surface area contributed by atoms with Crippen LogP contribution in [-0.4, -0.2) is 29.1 Å². The highest BCUT2D eigenvalue weighted by Crippen LogP contribution is 2.36. The van der Waals surface area contributed by atoms with Crippen LogP contribution in [0.2, 0.25) is 0 Å². The molecule has 4 rings (SSSR count). The van der Waals surface area contributed by atoms with Gasteiger partial charge < -0.3 is 13.9 Å². The average Bonchev–Trinajstić information content (AvgIpc) is 3.39. The van der Waals surface area contributed by atoms with E-state index in [0.717, 1.165) is 26.7 Å². The van der Waals surface area contributed by atoms with Gasteiger partial charge in [-0.25, -0.2) is 4.79 Å². The van der Waals surface area contributed by atoms with E-state index in [9.17, 15) is 14.4 Å². The molecule has 1 aromatic heterocycles. The molecule has 1 saturated heterocycles. The molecule has 9 heteroatoms. The fourth-order valence-electron chi connectivity index (χ4n) is 3.22. The van der Waals surface area contributed by atoms with Crippen LogP contribution in [0.15, 0.2) is 68.4 Å². The van der Waals surface area contributed by atoms with Gasteiger partial charge in [-0.2, -0.15) is 0 Å². The van der Waals surface area contributed by atoms with Crippen molar-refractivity contribution >= 4 is 50.9 Å². The summed E-state index contributed by atoms with van der Waals surface area (Å²) in [6.45, 7) is 2.30. The van der Waals surface area contributed by atoms with E-state index in [-0.39, 0.29) is 17.2 Å². The van der Waals surface area contributed by atoms with Crippen molar-refractivity contribution in [2.24, 2.45) is 0 Å². The molecule has 1 fully saturated rings. The second kappa shape index (κ2) is 10.3. The molecule has 2 aromatic carbocycles. The summed E-state index contributed by atoms with van der Waals surface area (Å²) >= 11 is 4.29. The van der Waals surface area contributed by atoms with Crippen LogP contribution in [0.4, 0.5) is 4.79 Å². The second-order valence-corrected chi connectivity index (χ2v) is 9.39. The summed E-state index contributed by atoms with van der Waals surface area (Å²) in [7, 11) is 1.24. The van der Waals surface area contributed by atoms with Crippen molar-refractivity contribution in [2.75, 3.05) is 7.11 Å². The minimum atomic E-state index is -0.631. The van der Waals surface area contributed by atoms with Gasteiger partial charge in [-0.1, -0.05) is 45.8 Å². The molecule has 0 spiro atoms. The van der Waals surface area contributed by atoms with Crippen molar-refractivity contribution in [3.63, 3.8) is 0 Å². The minimum Gasteiger partial charge on any atom is -0.488 e. The molecule has 0 unspecified atom stereocenters. The number of carbonyl (C=O) groups excluding carboxylic acids is 3. The Morgan fingerprint density at radius 3 is 2.62 bits per heavy atom. The number of methoxy groups -OCH3 is 1. The average molecular weight is 542 g/mol. The first-order valence-corrected chi connectivity index (χ1v) is 11.9. The third-order valence-electron chi connectivity index (χ3n) is 5.01. The summed E-state index contributed by atoms with van der Waals surface area (Å²) in [6.07, 6.45) is 1.64. The van der Waals surface area contributed by atoms with E-state index >= 15 is 0 Å². The van der Waals surface area contributed by atoms with Crippen LogP contribution in [0.5, 0.6) is 5.75 Å². The normalized spacial score (nSPS) is 14.7. The first-order valence-electron chi connectivity index (χ1n) is 10.2. The van der Waals surface area contributed by atoms with Gasteiger partial charge in [0.15, 0.2) is 0 Å². The molecule has 0 atom stereocenters. The molecule has 0 N–H and O–H groups in total. The van der Waals surface area contributed by atoms with Crippen molar-refractivity contribution in [1.29, 1.82) is 0 Å². The molecule has 0 aliphatic carbocycles. The van der Waals surface area contributed by atoms with Crippen molar-refractivity contribution in [3.8, 4) is 5.75 Å². The number of nitrogens with zero attached hydrogens (tertiary/aromatic N) is 1. The maximum atomic E-state index is 13.0. The number of rotatable bonds is 7. The van der Waals surface area contributed by atoms with E-state index in [1.807, 2.05) is 49.4 Å². The van der Waals surface area contributed by atoms with E-state index in [4.69, 9.17) is 9.15 Å². The maximum absolute atomic E-state index is 13.0. The lowest BCUT2D eigenvalue weighted by Gasteiger charge is -2.11. The van der Waals surface area contributed by atoms with Crippen molar-refractivity contribution in [1.82, 2.24) is 4.90 Å². The highest BCUT2D eigenvalue weighted by atomic mass is 79.9. The predicted molar refractivity (Wildman–Crippen MR) is 131 cm³/mol. The summed E-state index contributed by atoms with van der Waals surface area (Å²) in [5.41, 5.74) is 2.85. The van der Waals surface area contributed by atoms with Crippen LogP contribution >= 0.6 is 27.7 Å². The molecule has 34 heavy (non-hydrogen) atoms. The van der Waals surface area contributed by atoms with Crippen molar-refractivity contribution in [2.45, 2.75) is 20.1 Å². The summed E-state index contributed by atoms with van der Waals surface area (Å²) in [4.78, 5) is 38.4. The van der Waals surface area contributed by atoms with E-state index in [1.54, 1.807) is 6.08 Å². The summed E-state index contributed by atoms with van der Waals surface area (Å²) in [5, 5.41) is -0.426. The molecule has 1 aliphatic heterocycles. The molecule has 3 aromatic rings. The molecule has 0 bridgehead atoms. The highest BCUT2D eigenvalue weighted by molar-refractivity contribution is 9.10. The Hall–Kier alpha value is -3.30. The van der Waals surface area contributed by atoms with Gasteiger partial charge in [0.05, 0.1) is 18.6 Å². The Labute approximate surface area is 208 Å². The Morgan fingerprint density at radius 2 is 1.88 bits per heavy atom. The van der Waals surface area contributed by atoms with Gasteiger partial charge in [0.1, 0.15) is 18.1 Å². The van der Waals surface area contributed by atoms with Crippen LogP contribution in [-0.2, 0) is 22.7 Å². The van der Waals surface area contributed by atoms with Gasteiger partial charge in [0.25, 0.3) is 11.1 Å². The zero-order valence-corrected chi connectivity index (χ0v) is 20.8. The smallest absolute Gasteiger partial charge is 0.373 e. The number of ether oxygens (including phenoxy) is 2. The topological polar surface area (TPSA) is 86.0 Å². The Balaban J connectivity index is 1.52. The quantitative estimate of drug-likeness (QED) is 0.269. The second-order valence-electron chi connectivity index (χ2n) is 7.48. The molecular weight excluding hydrogens is 522 g/mol. The highest BCUT2D eigenvalue weighted by Gasteiger charge is 2.36. The third kappa shape index (κ3) is 5.43. The lowest BCUT2D eigenvalue weighted by Crippen LogP contribution is -2.27. The molecule has 0 radical (unpaired) electrons. The molecule has 0 saturated carbocycles. The SMILES string of the molecule is COC(=O)c1ccc(CN2C(=O)S/C(=C/c3cc(Br)ccc3OCc3ccc(C)cc3)C2=O)o1. The van der Waals surface area contributed by atoms with Gasteiger partial charge in [-0.15, -0.1) is 0 Å². The van der Waals surface area contributed by atoms with Crippen LogP contribution in [0.3, 0.4) is 0 Å². The van der Waals surface area contributed by atoms with E-state index < -0.39 is 17.1 Å². The zero-order valence-electron chi connectivity index (χ0n) is 18.4. The number of aryl methyl sites for hydroxylation is 1. The number of furan rings is 1. The van der Waals surface area contributed by atoms with Crippen molar-refractivity contribution < 1.29 is 28.3 Å². The zero-order chi connectivity index (χ0) is 24.2. The Bertz CT molecular complexity index is 1280. The fraction of sp³-hybridized carbons (Fsp3) is 0.160. The number of benzene rings is 2. The number of hydrogen-bond acceptors (Lipinski definition) is 7. The molecule has 1 aliphatic rings. The number of esters is 1. The number of hydrogen-bond donors (Lipinski definition) is 0. The van der Waals surface area contributed by atoms with Gasteiger partial charge in [0, 0.05) is 10.0 Å². The summed E-state index contributed by atoms with van der Waals surface area (Å²) in [6, 6.07) is 16.5. The fourth-order valence-corrected chi connectivity index (χ4v) is 4.42. The first kappa shape index (κ1) is 23.8. The summed E-state index contributed by atoms with van der Waals surface area (Å²) < 4.78 is 16.8. The van der Waals surface area contributed by atoms with Crippen LogP contribution in [0.25, 0.3) is 6.08 Å². The van der Waals surface area contributed by atoms with Crippen LogP contribution in [0, 0.1) is 6.92 Å². The largest absolute Gasteiger partial charge is 0.488 e. The number of thioether (sulfide) groups is 1. The van der Waals surface area contributed by atoms with Crippen molar-refractivity contribution in [3.05, 3.63) is 92.2 Å². The summed E-state index contributed by atoms with van der Waals surface area (Å²) in [5.74, 6) is -0.189. The van der Waals surface area contributed by atoms with Crippen LogP contribution < -0.4 is 4.74 Å². The lowest BCUT2D eigenvalue weighted by atomic mass is 10.1. The maximum Gasteiger partial charge on any atom is 0.373 e. The molecule has 7 nitrogen and oxygen atoms in total.